The van der Waals surface area contributed by atoms with Gasteiger partial charge in [0, 0.05) is 23.5 Å². The number of hydrogen-bond donors (Lipinski definition) is 1. The molecular weight excluding hydrogens is 630 g/mol. The molecule has 0 amide bonds. The molecule has 3 rings (SSSR count). The van der Waals surface area contributed by atoms with E-state index in [1.165, 1.54) is 65.0 Å². The Morgan fingerprint density at radius 1 is 0.703 bits per heavy atom. The van der Waals surface area contributed by atoms with Crippen molar-refractivity contribution in [1.29, 1.82) is 15.8 Å². The van der Waals surface area contributed by atoms with E-state index < -0.39 is 17.9 Å². The third-order valence-electron chi connectivity index (χ3n) is 3.59. The first-order valence-electron chi connectivity index (χ1n) is 8.74. The van der Waals surface area contributed by atoms with Crippen LogP contribution in [0.15, 0.2) is 48.8 Å². The van der Waals surface area contributed by atoms with E-state index in [9.17, 15) is 24.6 Å². The van der Waals surface area contributed by atoms with E-state index in [0.29, 0.717) is 0 Å². The molecule has 16 heteroatoms. The van der Waals surface area contributed by atoms with Gasteiger partial charge in [-0.15, -0.1) is 0 Å². The van der Waals surface area contributed by atoms with Crippen molar-refractivity contribution in [2.24, 2.45) is 0 Å². The van der Waals surface area contributed by atoms with Crippen molar-refractivity contribution in [3.05, 3.63) is 65.5 Å². The van der Waals surface area contributed by atoms with Gasteiger partial charge in [-0.3, -0.25) is 9.97 Å². The van der Waals surface area contributed by atoms with Crippen LogP contribution in [0.3, 0.4) is 0 Å². The molecule has 0 aliphatic heterocycles. The monoisotopic (exact) mass is 639 g/mol. The van der Waals surface area contributed by atoms with Crippen LogP contribution in [0.1, 0.15) is 31.1 Å². The Balaban J connectivity index is 0. The number of aromatic carboxylic acids is 3. The summed E-state index contributed by atoms with van der Waals surface area (Å²) in [5, 5.41) is 56.9. The zero-order chi connectivity index (χ0) is 27.7. The summed E-state index contributed by atoms with van der Waals surface area (Å²) in [7, 11) is 0. The first-order valence-corrected chi connectivity index (χ1v) is 9.97. The van der Waals surface area contributed by atoms with Crippen molar-refractivity contribution < 1.29 is 49.2 Å². The van der Waals surface area contributed by atoms with Crippen molar-refractivity contribution >= 4 is 55.8 Å². The molecule has 0 unspecified atom stereocenters. The fourth-order valence-electron chi connectivity index (χ4n) is 2.31. The molecule has 3 aromatic rings. The SMILES string of the molecule is N#C[S-].N#C[S-].N#C[S-].O=C([O-])c1ccnc(-c2cc(C(=O)[O-])cc(-c3cc(C(=O)O)ccn3)n2)c1.[Ru+3]. The van der Waals surface area contributed by atoms with E-state index in [-0.39, 0.29) is 58.9 Å². The zero-order valence-electron chi connectivity index (χ0n) is 17.9. The quantitative estimate of drug-likeness (QED) is 0.214. The van der Waals surface area contributed by atoms with Gasteiger partial charge in [0.05, 0.1) is 40.3 Å². The molecule has 0 spiro atoms. The average molecular weight is 639 g/mol. The Morgan fingerprint density at radius 3 is 1.38 bits per heavy atom. The third kappa shape index (κ3) is 12.2. The molecular formula is C21H9N6O6RuS3-2. The Kier molecular flexibility index (Phi) is 17.7. The van der Waals surface area contributed by atoms with Gasteiger partial charge in [0.1, 0.15) is 0 Å². The molecule has 0 fully saturated rings. The minimum absolute atomic E-state index is 0. The summed E-state index contributed by atoms with van der Waals surface area (Å²) >= 11 is 11.1. The first kappa shape index (κ1) is 34.8. The van der Waals surface area contributed by atoms with Crippen LogP contribution in [0.2, 0.25) is 0 Å². The summed E-state index contributed by atoms with van der Waals surface area (Å²) in [6.07, 6.45) is 2.47. The van der Waals surface area contributed by atoms with Crippen molar-refractivity contribution in [2.45, 2.75) is 0 Å². The maximum absolute atomic E-state index is 11.3. The van der Waals surface area contributed by atoms with Crippen LogP contribution >= 0.6 is 0 Å². The number of aromatic nitrogens is 3. The number of carboxylic acid groups (broad SMARTS) is 3. The second kappa shape index (κ2) is 18.9. The average Bonchev–Trinajstić information content (AvgIpc) is 2.85. The Hall–Kier alpha value is -4.39. The van der Waals surface area contributed by atoms with Crippen LogP contribution in [-0.4, -0.2) is 38.0 Å². The van der Waals surface area contributed by atoms with Crippen LogP contribution in [-0.2, 0) is 57.4 Å². The fraction of sp³-hybridized carbons (Fsp3) is 0. The molecule has 0 aliphatic rings. The molecule has 0 aromatic carbocycles. The van der Waals surface area contributed by atoms with E-state index in [1.807, 2.05) is 0 Å². The summed E-state index contributed by atoms with van der Waals surface area (Å²) in [6.45, 7) is 0. The van der Waals surface area contributed by atoms with Crippen molar-refractivity contribution in [3.8, 4) is 39.0 Å². The molecule has 0 atom stereocenters. The molecule has 3 heterocycles. The summed E-state index contributed by atoms with van der Waals surface area (Å²) in [4.78, 5) is 45.7. The van der Waals surface area contributed by atoms with Gasteiger partial charge in [0.2, 0.25) is 0 Å². The number of hydrogen-bond acceptors (Lipinski definition) is 14. The molecule has 12 nitrogen and oxygen atoms in total. The van der Waals surface area contributed by atoms with Gasteiger partial charge in [-0.1, -0.05) is 16.2 Å². The number of nitrogens with zero attached hydrogens (tertiary/aromatic N) is 6. The Labute approximate surface area is 239 Å². The van der Waals surface area contributed by atoms with Gasteiger partial charge in [-0.2, -0.15) is 0 Å². The Bertz CT molecular complexity index is 1270. The topological polar surface area (TPSA) is 228 Å². The molecule has 3 aromatic heterocycles. The molecule has 0 saturated carbocycles. The van der Waals surface area contributed by atoms with Crippen molar-refractivity contribution in [1.82, 2.24) is 15.0 Å². The molecule has 1 radical (unpaired) electrons. The number of carboxylic acids is 3. The standard InChI is InChI=1S/C18H11N3O6.3CHNS.Ru/c22-16(23)9-1-3-19-12(5-9)14-7-11(18(26)27)8-15(21-14)13-6-10(17(24)25)2-4-20-13;3*2-1-3;/h1-8H,(H,22,23)(H,24,25)(H,26,27);3*3H;/q;;;;+3/p-5. The zero-order valence-corrected chi connectivity index (χ0v) is 22.1. The van der Waals surface area contributed by atoms with Gasteiger partial charge in [-0.05, 0) is 36.4 Å². The summed E-state index contributed by atoms with van der Waals surface area (Å²) < 4.78 is 0. The van der Waals surface area contributed by atoms with Crippen LogP contribution in [0.25, 0.3) is 22.8 Å². The van der Waals surface area contributed by atoms with E-state index in [2.05, 4.69) is 52.8 Å². The maximum atomic E-state index is 11.3. The van der Waals surface area contributed by atoms with Gasteiger partial charge in [-0.25, -0.2) is 25.6 Å². The van der Waals surface area contributed by atoms with E-state index in [1.54, 1.807) is 0 Å². The van der Waals surface area contributed by atoms with Gasteiger partial charge in [0.25, 0.3) is 0 Å². The molecule has 1 N–H and O–H groups in total. The predicted octanol–water partition coefficient (Wildman–Crippen LogP) is -0.329. The first-order chi connectivity index (χ1) is 17.1. The van der Waals surface area contributed by atoms with Gasteiger partial charge < -0.3 is 62.8 Å². The third-order valence-corrected chi connectivity index (χ3v) is 3.59. The largest absolute Gasteiger partial charge is 3.00 e. The summed E-state index contributed by atoms with van der Waals surface area (Å²) in [6, 6.07) is 7.26. The molecule has 37 heavy (non-hydrogen) atoms. The van der Waals surface area contributed by atoms with Crippen LogP contribution in [0, 0.1) is 32.0 Å². The smallest absolute Gasteiger partial charge is 0.696 e. The number of thiocyanates is 3. The second-order valence-corrected chi connectivity index (χ2v) is 6.19. The maximum Gasteiger partial charge on any atom is 3.00 e. The van der Waals surface area contributed by atoms with Crippen LogP contribution in [0.5, 0.6) is 0 Å². The van der Waals surface area contributed by atoms with Gasteiger partial charge >= 0.3 is 25.4 Å². The minimum atomic E-state index is -1.50. The van der Waals surface area contributed by atoms with E-state index in [0.717, 1.165) is 0 Å². The number of carbonyl (C=O) groups is 3. The van der Waals surface area contributed by atoms with Crippen molar-refractivity contribution in [2.75, 3.05) is 0 Å². The minimum Gasteiger partial charge on any atom is -0.696 e. The number of rotatable bonds is 5. The molecule has 0 saturated heterocycles. The Morgan fingerprint density at radius 2 is 1.03 bits per heavy atom. The summed E-state index contributed by atoms with van der Waals surface area (Å²) in [5.74, 6) is -4.10. The van der Waals surface area contributed by atoms with E-state index in [4.69, 9.17) is 20.9 Å². The summed E-state index contributed by atoms with van der Waals surface area (Å²) in [5.41, 5.74) is -0.135. The van der Waals surface area contributed by atoms with Crippen LogP contribution < -0.4 is 10.2 Å². The number of pyridine rings is 3. The van der Waals surface area contributed by atoms with Crippen LogP contribution in [0.4, 0.5) is 0 Å². The van der Waals surface area contributed by atoms with Gasteiger partial charge in [0.15, 0.2) is 0 Å². The fourth-order valence-corrected chi connectivity index (χ4v) is 2.31. The number of carbonyl (C=O) groups excluding carboxylic acids is 2. The molecule has 187 valence electrons. The molecule has 0 bridgehead atoms. The van der Waals surface area contributed by atoms with E-state index >= 15 is 0 Å². The van der Waals surface area contributed by atoms with Crippen molar-refractivity contribution in [3.63, 3.8) is 0 Å². The number of nitriles is 3. The molecule has 0 aliphatic carbocycles. The second-order valence-electron chi connectivity index (χ2n) is 5.64. The normalized spacial score (nSPS) is 8.14. The predicted molar refractivity (Wildman–Crippen MR) is 125 cm³/mol.